The molecule has 244 valence electrons. The molecule has 11 rings (SSSR count). The maximum Gasteiger partial charge on any atom is 0.240 e. The van der Waals surface area contributed by atoms with Crippen LogP contribution in [-0.2, 0) is 0 Å². The quantitative estimate of drug-likeness (QED) is 0.186. The molecule has 10 aromatic rings. The van der Waals surface area contributed by atoms with Crippen LogP contribution in [0.3, 0.4) is 0 Å². The molecule has 0 saturated heterocycles. The number of hydrogen-bond donors (Lipinski definition) is 0. The van der Waals surface area contributed by atoms with E-state index in [1.54, 1.807) is 0 Å². The van der Waals surface area contributed by atoms with Crippen LogP contribution in [0.25, 0.3) is 95.6 Å². The fourth-order valence-corrected chi connectivity index (χ4v) is 7.34. The molecule has 4 aromatic heterocycles. The number of hydrogen-bond acceptors (Lipinski definition) is 3. The summed E-state index contributed by atoms with van der Waals surface area (Å²) in [5.74, 6) is -0.0822. The lowest BCUT2D eigenvalue weighted by Crippen LogP contribution is -2.11. The maximum absolute atomic E-state index is 9.61. The van der Waals surface area contributed by atoms with Gasteiger partial charge in [0, 0.05) is 38.1 Å². The van der Waals surface area contributed by atoms with E-state index < -0.39 is 78.6 Å². The SMILES string of the molecule is [2H]C1=C([2H])c2c(n(-c3c([2H])c([2H])c([2H])c([2H])c3-c3nc(-n4c5ccccc5c5ccccc54)nc(-n4c5ccccc5c5ccccc54)n3)c3c([2H])c([2H])c([2H])c([2H])c23)C([2H])=C([2H])C1. The number of benzene rings is 6. The van der Waals surface area contributed by atoms with Crippen LogP contribution in [0.2, 0.25) is 0 Å². The minimum Gasteiger partial charge on any atom is -0.309 e. The molecule has 4 heterocycles. The van der Waals surface area contributed by atoms with Crippen LogP contribution in [0.1, 0.15) is 34.1 Å². The van der Waals surface area contributed by atoms with Gasteiger partial charge in [0.15, 0.2) is 5.82 Å². The number of fused-ring (bicyclic) bond motifs is 9. The summed E-state index contributed by atoms with van der Waals surface area (Å²) in [6.07, 6.45) is -0.434. The van der Waals surface area contributed by atoms with E-state index in [0.717, 1.165) is 48.2 Å². The van der Waals surface area contributed by atoms with E-state index in [-0.39, 0.29) is 51.5 Å². The first-order valence-electron chi connectivity index (χ1n) is 22.6. The Bertz CT molecular complexity index is 3570. The average molecular weight is 679 g/mol. The number of para-hydroxylation sites is 6. The van der Waals surface area contributed by atoms with Crippen LogP contribution in [0, 0.1) is 0 Å². The first kappa shape index (κ1) is 19.4. The molecular weight excluding hydrogens is 637 g/mol. The Balaban J connectivity index is 1.36. The van der Waals surface area contributed by atoms with Gasteiger partial charge in [-0.1, -0.05) is 121 Å². The molecule has 0 amide bonds. The summed E-state index contributed by atoms with van der Waals surface area (Å²) >= 11 is 0. The molecule has 52 heavy (non-hydrogen) atoms. The van der Waals surface area contributed by atoms with Gasteiger partial charge >= 0.3 is 0 Å². The van der Waals surface area contributed by atoms with Gasteiger partial charge in [-0.25, -0.2) is 0 Å². The Morgan fingerprint density at radius 2 is 0.962 bits per heavy atom. The van der Waals surface area contributed by atoms with E-state index in [1.165, 1.54) is 0 Å². The van der Waals surface area contributed by atoms with Crippen molar-refractivity contribution in [1.82, 2.24) is 28.7 Å². The van der Waals surface area contributed by atoms with Crippen LogP contribution in [-0.4, -0.2) is 28.7 Å². The van der Waals surface area contributed by atoms with E-state index in [0.29, 0.717) is 0 Å². The molecule has 0 radical (unpaired) electrons. The molecule has 6 heteroatoms. The number of aromatic nitrogens is 6. The Morgan fingerprint density at radius 1 is 0.462 bits per heavy atom. The highest BCUT2D eigenvalue weighted by molar-refractivity contribution is 6.10. The summed E-state index contributed by atoms with van der Waals surface area (Å²) in [7, 11) is 0. The summed E-state index contributed by atoms with van der Waals surface area (Å²) in [6.45, 7) is 0. The highest BCUT2D eigenvalue weighted by Gasteiger charge is 2.23. The molecule has 0 N–H and O–H groups in total. The largest absolute Gasteiger partial charge is 0.309 e. The summed E-state index contributed by atoms with van der Waals surface area (Å²) in [4.78, 5) is 15.2. The van der Waals surface area contributed by atoms with E-state index in [2.05, 4.69) is 0 Å². The lowest BCUT2D eigenvalue weighted by atomic mass is 10.1. The molecule has 6 aromatic carbocycles. The zero-order valence-electron chi connectivity index (χ0n) is 39.1. The van der Waals surface area contributed by atoms with Gasteiger partial charge in [0.25, 0.3) is 0 Å². The van der Waals surface area contributed by atoms with Gasteiger partial charge in [0.05, 0.1) is 55.4 Å². The van der Waals surface area contributed by atoms with Crippen molar-refractivity contribution in [2.75, 3.05) is 0 Å². The Kier molecular flexibility index (Phi) is 4.19. The lowest BCUT2D eigenvalue weighted by molar-refractivity contribution is 0.891. The zero-order valence-corrected chi connectivity index (χ0v) is 27.1. The Labute approximate surface area is 315 Å². The van der Waals surface area contributed by atoms with Gasteiger partial charge in [0.2, 0.25) is 11.9 Å². The van der Waals surface area contributed by atoms with Crippen molar-refractivity contribution in [1.29, 1.82) is 0 Å². The van der Waals surface area contributed by atoms with Gasteiger partial charge in [-0.05, 0) is 54.9 Å². The third-order valence-electron chi connectivity index (χ3n) is 9.49. The summed E-state index contributed by atoms with van der Waals surface area (Å²) < 4.78 is 114. The molecule has 6 nitrogen and oxygen atoms in total. The average Bonchev–Trinajstić information content (AvgIpc) is 3.94. The maximum atomic E-state index is 9.61. The van der Waals surface area contributed by atoms with Crippen molar-refractivity contribution in [2.45, 2.75) is 6.42 Å². The highest BCUT2D eigenvalue weighted by atomic mass is 15.3. The van der Waals surface area contributed by atoms with Crippen LogP contribution in [0.5, 0.6) is 0 Å². The van der Waals surface area contributed by atoms with Gasteiger partial charge < -0.3 is 4.57 Å². The molecular formula is C46H30N6. The Morgan fingerprint density at radius 3 is 1.56 bits per heavy atom. The predicted molar refractivity (Wildman–Crippen MR) is 213 cm³/mol. The fourth-order valence-electron chi connectivity index (χ4n) is 7.34. The van der Waals surface area contributed by atoms with E-state index >= 15 is 0 Å². The number of nitrogens with zero attached hydrogens (tertiary/aromatic N) is 6. The molecule has 0 spiro atoms. The first-order chi connectivity index (χ1) is 30.8. The summed E-state index contributed by atoms with van der Waals surface area (Å²) in [6, 6.07) is 23.8. The molecule has 0 bridgehead atoms. The van der Waals surface area contributed by atoms with E-state index in [1.807, 2.05) is 106 Å². The third kappa shape index (κ3) is 4.15. The minimum absolute atomic E-state index is 0.0838. The highest BCUT2D eigenvalue weighted by Crippen LogP contribution is 2.38. The number of allylic oxidation sites excluding steroid dienone is 2. The van der Waals surface area contributed by atoms with Crippen molar-refractivity contribution in [3.63, 3.8) is 0 Å². The molecule has 0 saturated carbocycles. The molecule has 0 unspecified atom stereocenters. The molecule has 1 aliphatic carbocycles. The smallest absolute Gasteiger partial charge is 0.240 e. The zero-order chi connectivity index (χ0) is 44.6. The van der Waals surface area contributed by atoms with Gasteiger partial charge in [-0.2, -0.15) is 15.0 Å². The first-order valence-corrected chi connectivity index (χ1v) is 16.6. The van der Waals surface area contributed by atoms with Crippen molar-refractivity contribution in [2.24, 2.45) is 0 Å². The molecule has 0 fully saturated rings. The van der Waals surface area contributed by atoms with Crippen molar-refractivity contribution in [3.8, 4) is 29.0 Å². The van der Waals surface area contributed by atoms with Crippen molar-refractivity contribution < 1.29 is 16.4 Å². The van der Waals surface area contributed by atoms with E-state index in [9.17, 15) is 5.48 Å². The van der Waals surface area contributed by atoms with Gasteiger partial charge in [-0.3, -0.25) is 9.13 Å². The van der Waals surface area contributed by atoms with Gasteiger partial charge in [-0.15, -0.1) is 0 Å². The van der Waals surface area contributed by atoms with Crippen LogP contribution < -0.4 is 0 Å². The topological polar surface area (TPSA) is 53.5 Å². The minimum atomic E-state index is -0.711. The standard InChI is InChI=1S/C46H30N6/c1-2-16-30-31-17-4-10-24-38(31)50(37(30)23-3-1)43-29-15-9-22-36(43)44-47-45(51-39-25-11-5-18-32(39)33-19-6-12-26-40(33)51)49-46(48-44)52-41-27-13-7-20-34(41)35-21-8-14-28-42(35)52/h2-29H,1H2/i2D,3D,4D,9D,10D,15D,16D,17D,22D,23D,24D,29D. The molecule has 1 aliphatic rings. The van der Waals surface area contributed by atoms with Gasteiger partial charge in [0.1, 0.15) is 0 Å². The second kappa shape index (κ2) is 11.2. The van der Waals surface area contributed by atoms with Crippen molar-refractivity contribution >= 4 is 66.6 Å². The molecule has 0 aliphatic heterocycles. The molecule has 0 atom stereocenters. The lowest BCUT2D eigenvalue weighted by Gasteiger charge is -2.16. The third-order valence-corrected chi connectivity index (χ3v) is 9.49. The monoisotopic (exact) mass is 678 g/mol. The second-order valence-corrected chi connectivity index (χ2v) is 12.3. The Hall–Kier alpha value is -7.05. The predicted octanol–water partition coefficient (Wildman–Crippen LogP) is 11.1. The van der Waals surface area contributed by atoms with E-state index in [4.69, 9.17) is 25.9 Å². The second-order valence-electron chi connectivity index (χ2n) is 12.3. The van der Waals surface area contributed by atoms with Crippen LogP contribution in [0.15, 0.2) is 158 Å². The van der Waals surface area contributed by atoms with Crippen LogP contribution in [0.4, 0.5) is 0 Å². The normalized spacial score (nSPS) is 16.8. The van der Waals surface area contributed by atoms with Crippen LogP contribution >= 0.6 is 0 Å². The fraction of sp³-hybridized carbons (Fsp3) is 0.0217. The summed E-state index contributed by atoms with van der Waals surface area (Å²) in [5, 5.41) is 3.33. The number of rotatable bonds is 4. The van der Waals surface area contributed by atoms with Crippen molar-refractivity contribution in [3.05, 3.63) is 169 Å². The summed E-state index contributed by atoms with van der Waals surface area (Å²) in [5.41, 5.74) is 1.34.